The highest BCUT2D eigenvalue weighted by Crippen LogP contribution is 2.04. The standard InChI is InChI=1S/C8H19N5O/c1-5(2)3-6(14)4-12-8(11)13-7(9)10/h5-6,14H,3-4H2,1-2H3,(H6,9,10,11,12,13). The quantitative estimate of drug-likeness (QED) is 0.343. The predicted molar refractivity (Wildman–Crippen MR) is 57.8 cm³/mol. The van der Waals surface area contributed by atoms with Crippen molar-refractivity contribution in [3.63, 3.8) is 0 Å². The van der Waals surface area contributed by atoms with Gasteiger partial charge in [0, 0.05) is 0 Å². The van der Waals surface area contributed by atoms with Gasteiger partial charge in [0.25, 0.3) is 0 Å². The van der Waals surface area contributed by atoms with Crippen LogP contribution in [0.5, 0.6) is 0 Å². The van der Waals surface area contributed by atoms with Gasteiger partial charge in [0.15, 0.2) is 5.96 Å². The van der Waals surface area contributed by atoms with Crippen molar-refractivity contribution in [3.05, 3.63) is 0 Å². The van der Waals surface area contributed by atoms with Crippen LogP contribution in [0.15, 0.2) is 9.98 Å². The third kappa shape index (κ3) is 7.35. The summed E-state index contributed by atoms with van der Waals surface area (Å²) in [6.07, 6.45) is 0.182. The van der Waals surface area contributed by atoms with Crippen molar-refractivity contribution in [2.45, 2.75) is 26.4 Å². The van der Waals surface area contributed by atoms with E-state index in [2.05, 4.69) is 9.98 Å². The summed E-state index contributed by atoms with van der Waals surface area (Å²) in [6, 6.07) is 0. The van der Waals surface area contributed by atoms with E-state index in [1.54, 1.807) is 0 Å². The average Bonchev–Trinajstić information content (AvgIpc) is 1.98. The van der Waals surface area contributed by atoms with Crippen LogP contribution >= 0.6 is 0 Å². The number of aliphatic imine (C=N–C) groups is 2. The normalized spacial score (nSPS) is 14.1. The fraction of sp³-hybridized carbons (Fsp3) is 0.750. The third-order valence-electron chi connectivity index (χ3n) is 1.45. The van der Waals surface area contributed by atoms with Crippen molar-refractivity contribution in [3.8, 4) is 0 Å². The summed E-state index contributed by atoms with van der Waals surface area (Å²) in [4.78, 5) is 7.33. The molecule has 0 saturated carbocycles. The van der Waals surface area contributed by atoms with Crippen molar-refractivity contribution in [2.24, 2.45) is 33.1 Å². The maximum Gasteiger partial charge on any atom is 0.218 e. The summed E-state index contributed by atoms with van der Waals surface area (Å²) in [5, 5.41) is 9.43. The molecular formula is C8H19N5O. The first kappa shape index (κ1) is 12.7. The van der Waals surface area contributed by atoms with Crippen molar-refractivity contribution in [1.82, 2.24) is 0 Å². The number of guanidine groups is 2. The predicted octanol–water partition coefficient (Wildman–Crippen LogP) is -1.02. The van der Waals surface area contributed by atoms with Crippen LogP contribution in [0.25, 0.3) is 0 Å². The largest absolute Gasteiger partial charge is 0.391 e. The second kappa shape index (κ2) is 6.20. The first-order valence-electron chi connectivity index (χ1n) is 4.49. The SMILES string of the molecule is CC(C)CC(O)CN=C(N)N=C(N)N. The van der Waals surface area contributed by atoms with Crippen LogP contribution in [0, 0.1) is 5.92 Å². The number of aliphatic hydroxyl groups excluding tert-OH is 1. The van der Waals surface area contributed by atoms with Crippen molar-refractivity contribution in [1.29, 1.82) is 0 Å². The Kier molecular flexibility index (Phi) is 5.62. The first-order valence-corrected chi connectivity index (χ1v) is 4.49. The maximum absolute atomic E-state index is 9.43. The van der Waals surface area contributed by atoms with Gasteiger partial charge in [0.2, 0.25) is 5.96 Å². The molecule has 6 nitrogen and oxygen atoms in total. The molecule has 0 aliphatic rings. The molecule has 0 spiro atoms. The molecule has 1 atom stereocenters. The van der Waals surface area contributed by atoms with Crippen LogP contribution in [0.1, 0.15) is 20.3 Å². The van der Waals surface area contributed by atoms with Gasteiger partial charge in [0.1, 0.15) is 0 Å². The Morgan fingerprint density at radius 3 is 2.29 bits per heavy atom. The van der Waals surface area contributed by atoms with Gasteiger partial charge in [-0.15, -0.1) is 0 Å². The number of aliphatic hydroxyl groups is 1. The minimum absolute atomic E-state index is 0.00666. The molecule has 0 radical (unpaired) electrons. The second-order valence-corrected chi connectivity index (χ2v) is 3.52. The minimum Gasteiger partial charge on any atom is -0.391 e. The molecule has 1 unspecified atom stereocenters. The third-order valence-corrected chi connectivity index (χ3v) is 1.45. The van der Waals surface area contributed by atoms with E-state index < -0.39 is 6.10 Å². The van der Waals surface area contributed by atoms with Gasteiger partial charge in [-0.25, -0.2) is 4.99 Å². The van der Waals surface area contributed by atoms with E-state index in [0.29, 0.717) is 12.3 Å². The zero-order valence-electron chi connectivity index (χ0n) is 8.64. The van der Waals surface area contributed by atoms with Gasteiger partial charge in [-0.2, -0.15) is 4.99 Å². The molecule has 0 rings (SSSR count). The Hall–Kier alpha value is -1.30. The van der Waals surface area contributed by atoms with Crippen LogP contribution in [-0.4, -0.2) is 29.7 Å². The minimum atomic E-state index is -0.497. The molecule has 0 aliphatic heterocycles. The lowest BCUT2D eigenvalue weighted by molar-refractivity contribution is 0.157. The van der Waals surface area contributed by atoms with E-state index in [9.17, 15) is 5.11 Å². The van der Waals surface area contributed by atoms with Crippen molar-refractivity contribution < 1.29 is 5.11 Å². The topological polar surface area (TPSA) is 123 Å². The number of rotatable bonds is 4. The molecule has 0 aromatic carbocycles. The van der Waals surface area contributed by atoms with Gasteiger partial charge in [-0.1, -0.05) is 13.8 Å². The van der Waals surface area contributed by atoms with E-state index in [-0.39, 0.29) is 18.5 Å². The van der Waals surface area contributed by atoms with E-state index in [0.717, 1.165) is 0 Å². The molecule has 6 heteroatoms. The Morgan fingerprint density at radius 2 is 1.86 bits per heavy atom. The summed E-state index contributed by atoms with van der Waals surface area (Å²) >= 11 is 0. The van der Waals surface area contributed by atoms with Crippen LogP contribution in [0.3, 0.4) is 0 Å². The Balaban J connectivity index is 3.96. The second-order valence-electron chi connectivity index (χ2n) is 3.52. The summed E-state index contributed by atoms with van der Waals surface area (Å²) in [7, 11) is 0. The molecule has 0 amide bonds. The van der Waals surface area contributed by atoms with Crippen LogP contribution < -0.4 is 17.2 Å². The highest BCUT2D eigenvalue weighted by atomic mass is 16.3. The Labute approximate surface area is 83.9 Å². The lowest BCUT2D eigenvalue weighted by Crippen LogP contribution is -2.27. The zero-order valence-corrected chi connectivity index (χ0v) is 8.64. The lowest BCUT2D eigenvalue weighted by Gasteiger charge is -2.09. The Bertz CT molecular complexity index is 220. The van der Waals surface area contributed by atoms with Gasteiger partial charge >= 0.3 is 0 Å². The van der Waals surface area contributed by atoms with E-state index >= 15 is 0 Å². The van der Waals surface area contributed by atoms with E-state index in [4.69, 9.17) is 17.2 Å². The molecule has 0 aromatic rings. The zero-order chi connectivity index (χ0) is 11.1. The molecule has 0 bridgehead atoms. The van der Waals surface area contributed by atoms with Crippen LogP contribution in [-0.2, 0) is 0 Å². The molecule has 0 saturated heterocycles. The maximum atomic E-state index is 9.43. The first-order chi connectivity index (χ1) is 6.41. The monoisotopic (exact) mass is 201 g/mol. The molecule has 7 N–H and O–H groups in total. The molecule has 0 aromatic heterocycles. The number of hydrogen-bond acceptors (Lipinski definition) is 2. The number of nitrogens with two attached hydrogens (primary N) is 3. The molecule has 82 valence electrons. The van der Waals surface area contributed by atoms with Crippen LogP contribution in [0.2, 0.25) is 0 Å². The van der Waals surface area contributed by atoms with Gasteiger partial charge in [0.05, 0.1) is 12.6 Å². The van der Waals surface area contributed by atoms with Gasteiger partial charge in [-0.05, 0) is 12.3 Å². The number of hydrogen-bond donors (Lipinski definition) is 4. The highest BCUT2D eigenvalue weighted by Gasteiger charge is 2.05. The lowest BCUT2D eigenvalue weighted by atomic mass is 10.1. The smallest absolute Gasteiger partial charge is 0.218 e. The summed E-state index contributed by atoms with van der Waals surface area (Å²) in [5.74, 6) is 0.280. The fourth-order valence-electron chi connectivity index (χ4n) is 0.985. The Morgan fingerprint density at radius 1 is 1.29 bits per heavy atom. The van der Waals surface area contributed by atoms with E-state index in [1.807, 2.05) is 13.8 Å². The molecule has 14 heavy (non-hydrogen) atoms. The number of nitrogens with zero attached hydrogens (tertiary/aromatic N) is 2. The fourth-order valence-corrected chi connectivity index (χ4v) is 0.985. The van der Waals surface area contributed by atoms with Crippen molar-refractivity contribution >= 4 is 11.9 Å². The molecule has 0 aliphatic carbocycles. The highest BCUT2D eigenvalue weighted by molar-refractivity contribution is 5.92. The van der Waals surface area contributed by atoms with Gasteiger partial charge in [-0.3, -0.25) is 0 Å². The van der Waals surface area contributed by atoms with Gasteiger partial charge < -0.3 is 22.3 Å². The molecule has 0 heterocycles. The molecule has 0 fully saturated rings. The van der Waals surface area contributed by atoms with Crippen LogP contribution in [0.4, 0.5) is 0 Å². The summed E-state index contributed by atoms with van der Waals surface area (Å²) in [6.45, 7) is 4.26. The summed E-state index contributed by atoms with van der Waals surface area (Å²) < 4.78 is 0. The average molecular weight is 201 g/mol. The summed E-state index contributed by atoms with van der Waals surface area (Å²) in [5.41, 5.74) is 15.5. The molecular weight excluding hydrogens is 182 g/mol. The van der Waals surface area contributed by atoms with Crippen molar-refractivity contribution in [2.75, 3.05) is 6.54 Å². The van der Waals surface area contributed by atoms with E-state index in [1.165, 1.54) is 0 Å².